The van der Waals surface area contributed by atoms with Crippen LogP contribution in [0.4, 0.5) is 0 Å². The Labute approximate surface area is 98.0 Å². The Kier molecular flexibility index (Phi) is 3.01. The van der Waals surface area contributed by atoms with E-state index in [-0.39, 0.29) is 5.78 Å². The molecule has 0 radical (unpaired) electrons. The highest BCUT2D eigenvalue weighted by Gasteiger charge is 2.02. The number of hydrogen-bond acceptors (Lipinski definition) is 3. The maximum atomic E-state index is 11.6. The Morgan fingerprint density at radius 3 is 2.35 bits per heavy atom. The second-order valence-corrected chi connectivity index (χ2v) is 3.58. The molecular weight excluding hydrogens is 216 g/mol. The average molecular weight is 225 g/mol. The van der Waals surface area contributed by atoms with Crippen LogP contribution in [0, 0.1) is 0 Å². The predicted octanol–water partition coefficient (Wildman–Crippen LogP) is 1.33. The second-order valence-electron chi connectivity index (χ2n) is 3.58. The summed E-state index contributed by atoms with van der Waals surface area (Å²) >= 11 is 0. The van der Waals surface area contributed by atoms with Gasteiger partial charge in [0.1, 0.15) is 0 Å². The van der Waals surface area contributed by atoms with Crippen LogP contribution in [0.1, 0.15) is 10.4 Å². The summed E-state index contributed by atoms with van der Waals surface area (Å²) in [6.45, 7) is 0. The van der Waals surface area contributed by atoms with Crippen molar-refractivity contribution in [2.24, 2.45) is 0 Å². The molecule has 0 atom stereocenters. The van der Waals surface area contributed by atoms with Gasteiger partial charge in [-0.1, -0.05) is 36.4 Å². The van der Waals surface area contributed by atoms with Crippen LogP contribution < -0.4 is 5.11 Å². The van der Waals surface area contributed by atoms with E-state index >= 15 is 0 Å². The zero-order valence-corrected chi connectivity index (χ0v) is 8.92. The molecule has 0 aliphatic rings. The molecule has 0 N–H and O–H groups in total. The van der Waals surface area contributed by atoms with Crippen molar-refractivity contribution in [2.75, 3.05) is 0 Å². The lowest BCUT2D eigenvalue weighted by molar-refractivity contribution is -0.297. The summed E-state index contributed by atoms with van der Waals surface area (Å²) in [5.74, 6) is -1.72. The molecule has 0 unspecified atom stereocenters. The Balaban J connectivity index is 2.36. The van der Waals surface area contributed by atoms with Gasteiger partial charge in [0, 0.05) is 5.56 Å². The molecule has 0 fully saturated rings. The highest BCUT2D eigenvalue weighted by molar-refractivity contribution is 6.08. The zero-order chi connectivity index (χ0) is 12.3. The lowest BCUT2D eigenvalue weighted by Crippen LogP contribution is -2.19. The SMILES string of the molecule is O=C([O-])/C=C/C(=O)c1ccc2ccccc2c1. The van der Waals surface area contributed by atoms with Crippen molar-refractivity contribution in [2.45, 2.75) is 0 Å². The molecule has 3 heteroatoms. The summed E-state index contributed by atoms with van der Waals surface area (Å²) in [7, 11) is 0. The number of aliphatic carboxylic acids is 1. The molecule has 0 heterocycles. The number of carbonyl (C=O) groups excluding carboxylic acids is 2. The summed E-state index contributed by atoms with van der Waals surface area (Å²) in [5, 5.41) is 12.2. The van der Waals surface area contributed by atoms with Crippen LogP contribution in [0.25, 0.3) is 10.8 Å². The van der Waals surface area contributed by atoms with Gasteiger partial charge in [-0.15, -0.1) is 0 Å². The summed E-state index contributed by atoms with van der Waals surface area (Å²) in [4.78, 5) is 21.8. The third-order valence-corrected chi connectivity index (χ3v) is 2.40. The predicted molar refractivity (Wildman–Crippen MR) is 62.4 cm³/mol. The van der Waals surface area contributed by atoms with Crippen LogP contribution in [0.15, 0.2) is 54.6 Å². The van der Waals surface area contributed by atoms with Gasteiger partial charge in [-0.25, -0.2) is 0 Å². The third-order valence-electron chi connectivity index (χ3n) is 2.40. The number of carboxylic acid groups (broad SMARTS) is 1. The quantitative estimate of drug-likeness (QED) is 0.585. The van der Waals surface area contributed by atoms with Gasteiger partial charge >= 0.3 is 0 Å². The highest BCUT2D eigenvalue weighted by Crippen LogP contribution is 2.16. The van der Waals surface area contributed by atoms with Gasteiger partial charge in [-0.2, -0.15) is 0 Å². The lowest BCUT2D eigenvalue weighted by Gasteiger charge is -2.00. The first-order valence-corrected chi connectivity index (χ1v) is 5.09. The monoisotopic (exact) mass is 225 g/mol. The van der Waals surface area contributed by atoms with Crippen molar-refractivity contribution in [1.82, 2.24) is 0 Å². The molecule has 17 heavy (non-hydrogen) atoms. The standard InChI is InChI=1S/C14H10O3/c15-13(7-8-14(16)17)12-6-5-10-3-1-2-4-11(10)9-12/h1-9H,(H,16,17)/p-1/b8-7+. The lowest BCUT2D eigenvalue weighted by atomic mass is 10.0. The van der Waals surface area contributed by atoms with Gasteiger partial charge in [-0.3, -0.25) is 4.79 Å². The van der Waals surface area contributed by atoms with Crippen LogP contribution in [0.2, 0.25) is 0 Å². The van der Waals surface area contributed by atoms with Crippen LogP contribution in [0.5, 0.6) is 0 Å². The van der Waals surface area contributed by atoms with E-state index in [4.69, 9.17) is 0 Å². The minimum Gasteiger partial charge on any atom is -0.545 e. The molecule has 84 valence electrons. The fourth-order valence-electron chi connectivity index (χ4n) is 1.58. The molecule has 0 aliphatic heterocycles. The summed E-state index contributed by atoms with van der Waals surface area (Å²) < 4.78 is 0. The first kappa shape index (κ1) is 11.1. The van der Waals surface area contributed by atoms with Crippen LogP contribution in [-0.2, 0) is 4.79 Å². The number of ketones is 1. The van der Waals surface area contributed by atoms with Crippen LogP contribution >= 0.6 is 0 Å². The Bertz CT molecular complexity index is 612. The summed E-state index contributed by atoms with van der Waals surface area (Å²) in [5.41, 5.74) is 0.459. The number of fused-ring (bicyclic) bond motifs is 1. The number of carboxylic acids is 1. The van der Waals surface area contributed by atoms with Crippen molar-refractivity contribution < 1.29 is 14.7 Å². The Morgan fingerprint density at radius 2 is 1.65 bits per heavy atom. The van der Waals surface area contributed by atoms with Gasteiger partial charge < -0.3 is 9.90 Å². The van der Waals surface area contributed by atoms with Crippen LogP contribution in [0.3, 0.4) is 0 Å². The molecule has 0 spiro atoms. The number of hydrogen-bond donors (Lipinski definition) is 0. The van der Waals surface area contributed by atoms with Gasteiger partial charge in [0.05, 0.1) is 5.97 Å². The van der Waals surface area contributed by atoms with Crippen molar-refractivity contribution in [3.63, 3.8) is 0 Å². The molecule has 0 aliphatic carbocycles. The number of carbonyl (C=O) groups is 2. The van der Waals surface area contributed by atoms with E-state index in [2.05, 4.69) is 0 Å². The topological polar surface area (TPSA) is 57.2 Å². The molecule has 0 bridgehead atoms. The molecule has 0 saturated heterocycles. The maximum absolute atomic E-state index is 11.6. The van der Waals surface area contributed by atoms with E-state index in [9.17, 15) is 14.7 Å². The minimum atomic E-state index is -1.38. The number of allylic oxidation sites excluding steroid dienone is 1. The number of benzene rings is 2. The maximum Gasteiger partial charge on any atom is 0.185 e. The Hall–Kier alpha value is -2.42. The van der Waals surface area contributed by atoms with Gasteiger partial charge in [0.2, 0.25) is 0 Å². The number of rotatable bonds is 3. The fraction of sp³-hybridized carbons (Fsp3) is 0. The summed E-state index contributed by atoms with van der Waals surface area (Å²) in [6.07, 6.45) is 1.73. The van der Waals surface area contributed by atoms with E-state index in [1.165, 1.54) is 0 Å². The fourth-order valence-corrected chi connectivity index (χ4v) is 1.58. The first-order chi connectivity index (χ1) is 8.16. The van der Waals surface area contributed by atoms with Gasteiger partial charge in [0.25, 0.3) is 0 Å². The van der Waals surface area contributed by atoms with E-state index in [1.807, 2.05) is 30.3 Å². The molecule has 2 aromatic carbocycles. The van der Waals surface area contributed by atoms with Crippen molar-refractivity contribution >= 4 is 22.5 Å². The third kappa shape index (κ3) is 2.58. The van der Waals surface area contributed by atoms with Gasteiger partial charge in [0.15, 0.2) is 5.78 Å². The summed E-state index contributed by atoms with van der Waals surface area (Å²) in [6, 6.07) is 12.9. The van der Waals surface area contributed by atoms with Gasteiger partial charge in [-0.05, 0) is 29.0 Å². The molecule has 3 nitrogen and oxygen atoms in total. The minimum absolute atomic E-state index is 0.347. The van der Waals surface area contributed by atoms with E-state index in [0.29, 0.717) is 5.56 Å². The highest BCUT2D eigenvalue weighted by atomic mass is 16.4. The largest absolute Gasteiger partial charge is 0.545 e. The molecule has 2 aromatic rings. The Morgan fingerprint density at radius 1 is 0.941 bits per heavy atom. The van der Waals surface area contributed by atoms with Crippen molar-refractivity contribution in [3.8, 4) is 0 Å². The van der Waals surface area contributed by atoms with Crippen molar-refractivity contribution in [3.05, 3.63) is 60.2 Å². The van der Waals surface area contributed by atoms with Crippen molar-refractivity contribution in [1.29, 1.82) is 0 Å². The molecule has 0 aromatic heterocycles. The molecule has 0 saturated carbocycles. The smallest absolute Gasteiger partial charge is 0.185 e. The molecule has 0 amide bonds. The average Bonchev–Trinajstić information content (AvgIpc) is 2.35. The van der Waals surface area contributed by atoms with E-state index < -0.39 is 5.97 Å². The normalized spacial score (nSPS) is 10.8. The first-order valence-electron chi connectivity index (χ1n) is 5.09. The zero-order valence-electron chi connectivity index (χ0n) is 8.92. The van der Waals surface area contributed by atoms with E-state index in [1.54, 1.807) is 12.1 Å². The van der Waals surface area contributed by atoms with E-state index in [0.717, 1.165) is 22.9 Å². The molecular formula is C14H9O3-. The van der Waals surface area contributed by atoms with Crippen LogP contribution in [-0.4, -0.2) is 11.8 Å². The molecule has 2 rings (SSSR count). The second kappa shape index (κ2) is 4.61.